The molecule has 0 aliphatic heterocycles. The molecule has 1 fully saturated rings. The van der Waals surface area contributed by atoms with Gasteiger partial charge < -0.3 is 24.8 Å². The number of halogens is 5. The fourth-order valence-corrected chi connectivity index (χ4v) is 5.06. The van der Waals surface area contributed by atoms with Gasteiger partial charge in [0.25, 0.3) is 11.7 Å². The number of urea groups is 1. The highest BCUT2D eigenvalue weighted by atomic mass is 19.4. The number of carbonyl (C=O) groups excluding carboxylic acids is 2. The summed E-state index contributed by atoms with van der Waals surface area (Å²) in [6.45, 7) is 4.48. The van der Waals surface area contributed by atoms with E-state index in [0.29, 0.717) is 19.3 Å². The lowest BCUT2D eigenvalue weighted by atomic mass is 9.73. The highest BCUT2D eigenvalue weighted by molar-refractivity contribution is 6.05. The fraction of sp³-hybridized carbons (Fsp3) is 0.500. The maximum Gasteiger partial charge on any atom is 0.455 e. The second-order valence-electron chi connectivity index (χ2n) is 10.4. The number of aryl methyl sites for hydroxylation is 1. The molecule has 0 heterocycles. The Morgan fingerprint density at radius 3 is 2.02 bits per heavy atom. The predicted octanol–water partition coefficient (Wildman–Crippen LogP) is 6.58. The first-order chi connectivity index (χ1) is 20.1. The Morgan fingerprint density at radius 2 is 1.56 bits per heavy atom. The molecule has 2 aromatic carbocycles. The molecule has 0 spiro atoms. The van der Waals surface area contributed by atoms with Crippen molar-refractivity contribution in [1.82, 2.24) is 10.2 Å². The molecule has 1 atom stereocenters. The molecule has 1 saturated carbocycles. The molecule has 43 heavy (non-hydrogen) atoms. The zero-order chi connectivity index (χ0) is 32.0. The number of Topliss-reactive ketones (excluding diaryl/α,β-unsaturated/α-hetero) is 1. The van der Waals surface area contributed by atoms with Crippen LogP contribution in [-0.4, -0.2) is 65.2 Å². The van der Waals surface area contributed by atoms with Crippen molar-refractivity contribution in [3.8, 4) is 11.5 Å². The van der Waals surface area contributed by atoms with Crippen LogP contribution in [0.1, 0.15) is 74.0 Å². The van der Waals surface area contributed by atoms with Gasteiger partial charge in [0, 0.05) is 19.4 Å². The van der Waals surface area contributed by atoms with Crippen LogP contribution in [0.2, 0.25) is 0 Å². The van der Waals surface area contributed by atoms with Crippen LogP contribution in [0.15, 0.2) is 42.5 Å². The molecule has 13 heteroatoms. The Kier molecular flexibility index (Phi) is 10.6. The number of rotatable bonds is 14. The number of nitrogens with zero attached hydrogens (tertiary/aromatic N) is 1. The van der Waals surface area contributed by atoms with E-state index >= 15 is 0 Å². The molecule has 3 rings (SSSR count). The van der Waals surface area contributed by atoms with Gasteiger partial charge in [-0.1, -0.05) is 30.3 Å². The molecule has 0 aromatic heterocycles. The second kappa shape index (κ2) is 13.6. The third kappa shape index (κ3) is 8.14. The van der Waals surface area contributed by atoms with E-state index in [1.54, 1.807) is 6.92 Å². The SMILES string of the molecule is CCOc1cc(C(C)N(CCCCc2ccccc2)C(=O)NC2(C(=O)O)CC(F)(F)C2)cc(OCC)c1C(=O)C(F)(F)F. The second-order valence-corrected chi connectivity index (χ2v) is 10.4. The first-order valence-electron chi connectivity index (χ1n) is 13.9. The van der Waals surface area contributed by atoms with Crippen LogP contribution in [0.5, 0.6) is 11.5 Å². The zero-order valence-electron chi connectivity index (χ0n) is 24.1. The predicted molar refractivity (Wildman–Crippen MR) is 147 cm³/mol. The van der Waals surface area contributed by atoms with Crippen LogP contribution in [0, 0.1) is 0 Å². The van der Waals surface area contributed by atoms with E-state index in [9.17, 15) is 41.4 Å². The Morgan fingerprint density at radius 1 is 1.00 bits per heavy atom. The average molecular weight is 615 g/mol. The van der Waals surface area contributed by atoms with Crippen LogP contribution in [0.4, 0.5) is 26.7 Å². The van der Waals surface area contributed by atoms with E-state index in [0.717, 1.165) is 5.56 Å². The van der Waals surface area contributed by atoms with E-state index in [4.69, 9.17) is 9.47 Å². The van der Waals surface area contributed by atoms with Gasteiger partial charge in [-0.3, -0.25) is 4.79 Å². The highest BCUT2D eigenvalue weighted by Gasteiger charge is 2.62. The average Bonchev–Trinajstić information content (AvgIpc) is 2.91. The monoisotopic (exact) mass is 614 g/mol. The molecule has 1 unspecified atom stereocenters. The Hall–Kier alpha value is -3.90. The van der Waals surface area contributed by atoms with Crippen molar-refractivity contribution in [2.45, 2.75) is 76.6 Å². The summed E-state index contributed by atoms with van der Waals surface area (Å²) >= 11 is 0. The molecule has 0 bridgehead atoms. The Labute approximate surface area is 246 Å². The highest BCUT2D eigenvalue weighted by Crippen LogP contribution is 2.46. The number of ether oxygens (including phenoxy) is 2. The quantitative estimate of drug-likeness (QED) is 0.142. The molecular formula is C30H35F5N2O6. The summed E-state index contributed by atoms with van der Waals surface area (Å²) in [6.07, 6.45) is -5.64. The third-order valence-electron chi connectivity index (χ3n) is 7.22. The van der Waals surface area contributed by atoms with Crippen molar-refractivity contribution in [2.24, 2.45) is 0 Å². The van der Waals surface area contributed by atoms with Crippen LogP contribution in [0.25, 0.3) is 0 Å². The number of aliphatic carboxylic acids is 1. The van der Waals surface area contributed by atoms with Crippen molar-refractivity contribution >= 4 is 17.8 Å². The van der Waals surface area contributed by atoms with Gasteiger partial charge in [-0.05, 0) is 63.3 Å². The standard InChI is InChI=1S/C30H35F5N2O6/c1-4-42-22-15-21(16-23(43-5-2)24(22)25(38)30(33,34)35)19(3)37(14-10-9-13-20-11-7-6-8-12-20)27(41)36-28(26(39)40)17-29(31,32)18-28/h6-8,11-12,15-16,19H,4-5,9-10,13-14,17-18H2,1-3H3,(H,36,41)(H,39,40). The van der Waals surface area contributed by atoms with Crippen LogP contribution in [0.3, 0.4) is 0 Å². The molecule has 2 N–H and O–H groups in total. The van der Waals surface area contributed by atoms with Crippen molar-refractivity contribution in [3.05, 3.63) is 59.2 Å². The lowest BCUT2D eigenvalue weighted by Crippen LogP contribution is -2.68. The number of hydrogen-bond donors (Lipinski definition) is 2. The maximum absolute atomic E-state index is 13.7. The molecule has 0 radical (unpaired) electrons. The lowest BCUT2D eigenvalue weighted by molar-refractivity contribution is -0.175. The number of carbonyl (C=O) groups is 3. The first-order valence-corrected chi connectivity index (χ1v) is 13.9. The van der Waals surface area contributed by atoms with Crippen molar-refractivity contribution < 1.29 is 50.9 Å². The lowest BCUT2D eigenvalue weighted by Gasteiger charge is -2.45. The summed E-state index contributed by atoms with van der Waals surface area (Å²) in [4.78, 5) is 39.0. The number of benzene rings is 2. The summed E-state index contributed by atoms with van der Waals surface area (Å²) in [6, 6.07) is 10.1. The summed E-state index contributed by atoms with van der Waals surface area (Å²) in [5.41, 5.74) is -1.70. The molecular weight excluding hydrogens is 579 g/mol. The molecule has 8 nitrogen and oxygen atoms in total. The number of unbranched alkanes of at least 4 members (excludes halogenated alkanes) is 1. The van der Waals surface area contributed by atoms with Gasteiger partial charge in [0.05, 0.1) is 19.3 Å². The van der Waals surface area contributed by atoms with E-state index < -0.39 is 71.4 Å². The van der Waals surface area contributed by atoms with Crippen LogP contribution < -0.4 is 14.8 Å². The van der Waals surface area contributed by atoms with E-state index in [1.807, 2.05) is 30.3 Å². The van der Waals surface area contributed by atoms with Gasteiger partial charge in [-0.2, -0.15) is 13.2 Å². The molecule has 1 aliphatic rings. The van der Waals surface area contributed by atoms with E-state index in [-0.39, 0.29) is 25.3 Å². The number of hydrogen-bond acceptors (Lipinski definition) is 5. The molecule has 236 valence electrons. The summed E-state index contributed by atoms with van der Waals surface area (Å²) in [5.74, 6) is -7.82. The summed E-state index contributed by atoms with van der Waals surface area (Å²) in [7, 11) is 0. The van der Waals surface area contributed by atoms with Gasteiger partial charge in [-0.25, -0.2) is 18.4 Å². The Balaban J connectivity index is 1.97. The normalized spacial score (nSPS) is 16.0. The number of nitrogens with one attached hydrogen (secondary N) is 1. The number of carboxylic acid groups (broad SMARTS) is 1. The topological polar surface area (TPSA) is 105 Å². The van der Waals surface area contributed by atoms with Crippen LogP contribution >= 0.6 is 0 Å². The molecule has 0 saturated heterocycles. The van der Waals surface area contributed by atoms with Crippen molar-refractivity contribution in [1.29, 1.82) is 0 Å². The largest absolute Gasteiger partial charge is 0.493 e. The van der Waals surface area contributed by atoms with Crippen molar-refractivity contribution in [3.63, 3.8) is 0 Å². The smallest absolute Gasteiger partial charge is 0.455 e. The maximum atomic E-state index is 13.7. The fourth-order valence-electron chi connectivity index (χ4n) is 5.06. The summed E-state index contributed by atoms with van der Waals surface area (Å²) in [5, 5.41) is 11.9. The Bertz CT molecular complexity index is 1270. The van der Waals surface area contributed by atoms with E-state index in [1.165, 1.54) is 30.9 Å². The van der Waals surface area contributed by atoms with Crippen LogP contribution in [-0.2, 0) is 11.2 Å². The van der Waals surface area contributed by atoms with Gasteiger partial charge in [0.2, 0.25) is 0 Å². The summed E-state index contributed by atoms with van der Waals surface area (Å²) < 4.78 is 78.6. The van der Waals surface area contributed by atoms with Gasteiger partial charge in [0.15, 0.2) is 5.54 Å². The number of carboxylic acids is 1. The molecule has 2 aromatic rings. The first kappa shape index (κ1) is 33.6. The van der Waals surface area contributed by atoms with Gasteiger partial charge >= 0.3 is 18.2 Å². The minimum Gasteiger partial charge on any atom is -0.493 e. The van der Waals surface area contributed by atoms with Gasteiger partial charge in [0.1, 0.15) is 17.1 Å². The van der Waals surface area contributed by atoms with Gasteiger partial charge in [-0.15, -0.1) is 0 Å². The minimum atomic E-state index is -5.22. The van der Waals surface area contributed by atoms with E-state index in [2.05, 4.69) is 5.32 Å². The number of alkyl halides is 5. The zero-order valence-corrected chi connectivity index (χ0v) is 24.1. The number of amides is 2. The van der Waals surface area contributed by atoms with Crippen molar-refractivity contribution in [2.75, 3.05) is 19.8 Å². The third-order valence-corrected chi connectivity index (χ3v) is 7.22. The molecule has 2 amide bonds. The minimum absolute atomic E-state index is 0.0586. The molecule has 1 aliphatic carbocycles. The number of ketones is 1.